The molecule has 158 valence electrons. The van der Waals surface area contributed by atoms with Crippen LogP contribution in [-0.2, 0) is 9.47 Å². The Hall–Kier alpha value is -3.27. The number of carbonyl (C=O) groups excluding carboxylic acids is 2. The van der Waals surface area contributed by atoms with Gasteiger partial charge < -0.3 is 14.5 Å². The maximum atomic E-state index is 12.9. The van der Waals surface area contributed by atoms with E-state index in [1.54, 1.807) is 34.6 Å². The van der Waals surface area contributed by atoms with Crippen molar-refractivity contribution in [3.8, 4) is 0 Å². The van der Waals surface area contributed by atoms with Crippen molar-refractivity contribution in [3.05, 3.63) is 49.6 Å². The van der Waals surface area contributed by atoms with Gasteiger partial charge in [-0.05, 0) is 45.7 Å². The van der Waals surface area contributed by atoms with Crippen LogP contribution in [0.2, 0.25) is 0 Å². The third-order valence-electron chi connectivity index (χ3n) is 4.58. The standard InChI is InChI=1S/C20H22N4O5S/c1-6-28-19(26)15-10(3)13(12(5)23-15)8-22-24-9-21-17-14(18(24)25)11(4)16(30-17)20(27)29-7-2/h8-9,23H,6-7H2,1-5H3/b22-8+. The molecule has 0 bridgehead atoms. The van der Waals surface area contributed by atoms with Gasteiger partial charge in [0.1, 0.15) is 21.7 Å². The van der Waals surface area contributed by atoms with Crippen LogP contribution in [0.15, 0.2) is 16.2 Å². The summed E-state index contributed by atoms with van der Waals surface area (Å²) in [5, 5.41) is 4.56. The molecule has 0 saturated heterocycles. The first-order chi connectivity index (χ1) is 14.3. The van der Waals surface area contributed by atoms with E-state index in [4.69, 9.17) is 9.47 Å². The van der Waals surface area contributed by atoms with Crippen molar-refractivity contribution < 1.29 is 19.1 Å². The fourth-order valence-electron chi connectivity index (χ4n) is 3.07. The second-order valence-electron chi connectivity index (χ2n) is 6.48. The Kier molecular flexibility index (Phi) is 6.16. The number of fused-ring (bicyclic) bond motifs is 1. The number of hydrogen-bond donors (Lipinski definition) is 1. The molecule has 10 heteroatoms. The summed E-state index contributed by atoms with van der Waals surface area (Å²) < 4.78 is 11.2. The van der Waals surface area contributed by atoms with E-state index in [-0.39, 0.29) is 13.2 Å². The molecule has 1 N–H and O–H groups in total. The van der Waals surface area contributed by atoms with Crippen molar-refractivity contribution >= 4 is 39.7 Å². The maximum Gasteiger partial charge on any atom is 0.355 e. The molecule has 0 aliphatic carbocycles. The van der Waals surface area contributed by atoms with Gasteiger partial charge in [-0.25, -0.2) is 14.6 Å². The van der Waals surface area contributed by atoms with Gasteiger partial charge in [-0.1, -0.05) is 0 Å². The van der Waals surface area contributed by atoms with Crippen molar-refractivity contribution in [3.63, 3.8) is 0 Å². The number of ether oxygens (including phenoxy) is 2. The average Bonchev–Trinajstić information content (AvgIpc) is 3.19. The topological polar surface area (TPSA) is 116 Å². The maximum absolute atomic E-state index is 12.9. The number of H-pyrrole nitrogens is 1. The zero-order valence-electron chi connectivity index (χ0n) is 17.4. The number of esters is 2. The lowest BCUT2D eigenvalue weighted by molar-refractivity contribution is 0.0514. The summed E-state index contributed by atoms with van der Waals surface area (Å²) in [5.41, 5.74) is 2.56. The van der Waals surface area contributed by atoms with Gasteiger partial charge >= 0.3 is 11.9 Å². The number of nitrogens with one attached hydrogen (secondary N) is 1. The van der Waals surface area contributed by atoms with Crippen molar-refractivity contribution in [1.29, 1.82) is 0 Å². The first-order valence-electron chi connectivity index (χ1n) is 9.38. The second-order valence-corrected chi connectivity index (χ2v) is 7.48. The molecule has 0 saturated carbocycles. The molecule has 9 nitrogen and oxygen atoms in total. The summed E-state index contributed by atoms with van der Waals surface area (Å²) in [6.45, 7) is 9.24. The van der Waals surface area contributed by atoms with Gasteiger partial charge in [-0.15, -0.1) is 11.3 Å². The lowest BCUT2D eigenvalue weighted by atomic mass is 10.1. The molecule has 0 aliphatic rings. The summed E-state index contributed by atoms with van der Waals surface area (Å²) in [6, 6.07) is 0. The molecular formula is C20H22N4O5S. The van der Waals surface area contributed by atoms with E-state index in [0.717, 1.165) is 21.7 Å². The van der Waals surface area contributed by atoms with E-state index in [1.165, 1.54) is 12.5 Å². The Bertz CT molecular complexity index is 1220. The van der Waals surface area contributed by atoms with Crippen LogP contribution in [0.5, 0.6) is 0 Å². The number of hydrogen-bond acceptors (Lipinski definition) is 8. The van der Waals surface area contributed by atoms with Crippen molar-refractivity contribution in [1.82, 2.24) is 14.6 Å². The summed E-state index contributed by atoms with van der Waals surface area (Å²) in [5.74, 6) is -0.920. The number of carbonyl (C=O) groups is 2. The largest absolute Gasteiger partial charge is 0.462 e. The average molecular weight is 430 g/mol. The van der Waals surface area contributed by atoms with Crippen LogP contribution in [0.4, 0.5) is 0 Å². The Labute approximate surface area is 176 Å². The van der Waals surface area contributed by atoms with Crippen LogP contribution in [0.3, 0.4) is 0 Å². The van der Waals surface area contributed by atoms with Crippen LogP contribution in [0.25, 0.3) is 10.2 Å². The summed E-state index contributed by atoms with van der Waals surface area (Å²) in [6.07, 6.45) is 2.79. The monoisotopic (exact) mass is 430 g/mol. The molecule has 0 aliphatic heterocycles. The highest BCUT2D eigenvalue weighted by molar-refractivity contribution is 7.20. The molecule has 0 atom stereocenters. The Morgan fingerprint density at radius 1 is 1.17 bits per heavy atom. The molecule has 0 spiro atoms. The molecule has 3 heterocycles. The number of thiophene rings is 1. The third kappa shape index (κ3) is 3.78. The zero-order valence-corrected chi connectivity index (χ0v) is 18.2. The molecule has 0 fully saturated rings. The van der Waals surface area contributed by atoms with Gasteiger partial charge in [0.2, 0.25) is 0 Å². The van der Waals surface area contributed by atoms with Crippen LogP contribution in [-0.4, -0.2) is 46.0 Å². The second kappa shape index (κ2) is 8.62. The summed E-state index contributed by atoms with van der Waals surface area (Å²) in [7, 11) is 0. The van der Waals surface area contributed by atoms with Crippen LogP contribution < -0.4 is 5.56 Å². The van der Waals surface area contributed by atoms with Gasteiger partial charge in [0.05, 0.1) is 24.8 Å². The van der Waals surface area contributed by atoms with Crippen LogP contribution >= 0.6 is 11.3 Å². The highest BCUT2D eigenvalue weighted by Crippen LogP contribution is 2.27. The molecule has 0 amide bonds. The normalized spacial score (nSPS) is 11.4. The highest BCUT2D eigenvalue weighted by atomic mass is 32.1. The number of aromatic nitrogens is 3. The van der Waals surface area contributed by atoms with Gasteiger partial charge in [-0.3, -0.25) is 4.79 Å². The van der Waals surface area contributed by atoms with E-state index in [1.807, 2.05) is 0 Å². The highest BCUT2D eigenvalue weighted by Gasteiger charge is 2.21. The molecular weight excluding hydrogens is 408 g/mol. The van der Waals surface area contributed by atoms with Crippen LogP contribution in [0.1, 0.15) is 56.4 Å². The number of aryl methyl sites for hydroxylation is 2. The minimum absolute atomic E-state index is 0.248. The van der Waals surface area contributed by atoms with E-state index < -0.39 is 17.5 Å². The molecule has 0 radical (unpaired) electrons. The van der Waals surface area contributed by atoms with E-state index >= 15 is 0 Å². The predicted octanol–water partition coefficient (Wildman–Crippen LogP) is 2.95. The SMILES string of the molecule is CCOC(=O)c1[nH]c(C)c(/C=N/n2cnc3sc(C(=O)OCC)c(C)c3c2=O)c1C. The first kappa shape index (κ1) is 21.4. The fraction of sp³-hybridized carbons (Fsp3) is 0.350. The number of rotatable bonds is 6. The molecule has 3 aromatic heterocycles. The Balaban J connectivity index is 2.01. The number of nitrogens with zero attached hydrogens (tertiary/aromatic N) is 3. The lowest BCUT2D eigenvalue weighted by Gasteiger charge is -2.01. The molecule has 3 aromatic rings. The van der Waals surface area contributed by atoms with Crippen LogP contribution in [0, 0.1) is 20.8 Å². The van der Waals surface area contributed by atoms with Crippen molar-refractivity contribution in [2.24, 2.45) is 5.10 Å². The minimum atomic E-state index is -0.475. The van der Waals surface area contributed by atoms with Crippen molar-refractivity contribution in [2.75, 3.05) is 13.2 Å². The Morgan fingerprint density at radius 2 is 1.83 bits per heavy atom. The van der Waals surface area contributed by atoms with Gasteiger partial charge in [0, 0.05) is 11.3 Å². The number of aromatic amines is 1. The van der Waals surface area contributed by atoms with Gasteiger partial charge in [0.15, 0.2) is 0 Å². The summed E-state index contributed by atoms with van der Waals surface area (Å²) in [4.78, 5) is 45.1. The molecule has 0 unspecified atom stereocenters. The minimum Gasteiger partial charge on any atom is -0.462 e. The predicted molar refractivity (Wildman–Crippen MR) is 114 cm³/mol. The third-order valence-corrected chi connectivity index (χ3v) is 5.76. The van der Waals surface area contributed by atoms with Gasteiger partial charge in [0.25, 0.3) is 5.56 Å². The smallest absolute Gasteiger partial charge is 0.355 e. The molecule has 0 aromatic carbocycles. The fourth-order valence-corrected chi connectivity index (χ4v) is 4.11. The van der Waals surface area contributed by atoms with E-state index in [2.05, 4.69) is 15.1 Å². The lowest BCUT2D eigenvalue weighted by Crippen LogP contribution is -2.17. The quantitative estimate of drug-likeness (QED) is 0.475. The van der Waals surface area contributed by atoms with E-state index in [0.29, 0.717) is 37.5 Å². The zero-order chi connectivity index (χ0) is 22.0. The van der Waals surface area contributed by atoms with Crippen molar-refractivity contribution in [2.45, 2.75) is 34.6 Å². The van der Waals surface area contributed by atoms with Gasteiger partial charge in [-0.2, -0.15) is 9.78 Å². The Morgan fingerprint density at radius 3 is 2.50 bits per heavy atom. The molecule has 30 heavy (non-hydrogen) atoms. The first-order valence-corrected chi connectivity index (χ1v) is 10.2. The summed E-state index contributed by atoms with van der Waals surface area (Å²) >= 11 is 1.12. The van der Waals surface area contributed by atoms with E-state index in [9.17, 15) is 14.4 Å². The molecule has 3 rings (SSSR count).